The van der Waals surface area contributed by atoms with Gasteiger partial charge in [0, 0.05) is 24.6 Å². The molecule has 3 unspecified atom stereocenters. The highest BCUT2D eigenvalue weighted by atomic mass is 16.5. The van der Waals surface area contributed by atoms with Crippen molar-refractivity contribution in [2.24, 2.45) is 11.7 Å². The Kier molecular flexibility index (Phi) is 6.49. The molecule has 0 heterocycles. The van der Waals surface area contributed by atoms with Crippen LogP contribution in [0.2, 0.25) is 0 Å². The van der Waals surface area contributed by atoms with E-state index < -0.39 is 0 Å². The van der Waals surface area contributed by atoms with E-state index in [1.165, 1.54) is 0 Å². The van der Waals surface area contributed by atoms with Crippen LogP contribution in [-0.4, -0.2) is 31.2 Å². The molecule has 0 aliphatic heterocycles. The van der Waals surface area contributed by atoms with Gasteiger partial charge in [-0.2, -0.15) is 0 Å². The van der Waals surface area contributed by atoms with Gasteiger partial charge in [-0.15, -0.1) is 0 Å². The van der Waals surface area contributed by atoms with Crippen LogP contribution >= 0.6 is 0 Å². The van der Waals surface area contributed by atoms with Crippen molar-refractivity contribution < 1.29 is 9.53 Å². The second-order valence-corrected chi connectivity index (χ2v) is 3.72. The summed E-state index contributed by atoms with van der Waals surface area (Å²) in [5, 5.41) is 2.85. The fourth-order valence-electron chi connectivity index (χ4n) is 0.949. The van der Waals surface area contributed by atoms with Crippen molar-refractivity contribution >= 4 is 5.91 Å². The Bertz CT molecular complexity index is 172. The first-order valence-corrected chi connectivity index (χ1v) is 5.12. The zero-order valence-corrected chi connectivity index (χ0v) is 9.54. The number of hydrogen-bond acceptors (Lipinski definition) is 3. The van der Waals surface area contributed by atoms with E-state index in [4.69, 9.17) is 10.5 Å². The molecular weight excluding hydrogens is 180 g/mol. The summed E-state index contributed by atoms with van der Waals surface area (Å²) in [4.78, 5) is 11.5. The average molecular weight is 202 g/mol. The normalized spacial score (nSPS) is 17.2. The third-order valence-corrected chi connectivity index (χ3v) is 2.16. The summed E-state index contributed by atoms with van der Waals surface area (Å²) < 4.78 is 5.19. The Hall–Kier alpha value is -0.610. The number of carbonyl (C=O) groups excluding carboxylic acids is 1. The van der Waals surface area contributed by atoms with Crippen LogP contribution in [0.5, 0.6) is 0 Å². The minimum absolute atomic E-state index is 0.00722. The van der Waals surface area contributed by atoms with E-state index >= 15 is 0 Å². The predicted octanol–water partition coefficient (Wildman–Crippen LogP) is 0.511. The van der Waals surface area contributed by atoms with Crippen molar-refractivity contribution in [3.63, 3.8) is 0 Å². The third-order valence-electron chi connectivity index (χ3n) is 2.16. The quantitative estimate of drug-likeness (QED) is 0.659. The first-order chi connectivity index (χ1) is 6.49. The van der Waals surface area contributed by atoms with Crippen LogP contribution in [0.1, 0.15) is 27.7 Å². The van der Waals surface area contributed by atoms with E-state index in [1.807, 2.05) is 27.7 Å². The van der Waals surface area contributed by atoms with E-state index in [-0.39, 0.29) is 23.9 Å². The number of amides is 1. The Morgan fingerprint density at radius 3 is 2.43 bits per heavy atom. The zero-order valence-electron chi connectivity index (χ0n) is 9.54. The van der Waals surface area contributed by atoms with E-state index in [0.717, 1.165) is 0 Å². The van der Waals surface area contributed by atoms with Gasteiger partial charge in [-0.05, 0) is 20.8 Å². The largest absolute Gasteiger partial charge is 0.380 e. The van der Waals surface area contributed by atoms with Gasteiger partial charge < -0.3 is 15.8 Å². The number of nitrogens with two attached hydrogens (primary N) is 1. The second kappa shape index (κ2) is 6.79. The fourth-order valence-corrected chi connectivity index (χ4v) is 0.949. The maximum Gasteiger partial charge on any atom is 0.224 e. The maximum absolute atomic E-state index is 11.5. The summed E-state index contributed by atoms with van der Waals surface area (Å²) in [5.74, 6) is -0.161. The lowest BCUT2D eigenvalue weighted by Gasteiger charge is -2.19. The number of hydrogen-bond donors (Lipinski definition) is 2. The number of nitrogens with one attached hydrogen (secondary N) is 1. The van der Waals surface area contributed by atoms with Crippen molar-refractivity contribution in [3.8, 4) is 0 Å². The lowest BCUT2D eigenvalue weighted by molar-refractivity contribution is -0.126. The van der Waals surface area contributed by atoms with Crippen LogP contribution in [0.4, 0.5) is 0 Å². The van der Waals surface area contributed by atoms with Gasteiger partial charge >= 0.3 is 0 Å². The van der Waals surface area contributed by atoms with Crippen LogP contribution in [0.25, 0.3) is 0 Å². The summed E-state index contributed by atoms with van der Waals surface area (Å²) in [6.07, 6.45) is 0. The van der Waals surface area contributed by atoms with E-state index in [0.29, 0.717) is 13.2 Å². The van der Waals surface area contributed by atoms with E-state index in [2.05, 4.69) is 5.32 Å². The minimum atomic E-state index is -0.154. The summed E-state index contributed by atoms with van der Waals surface area (Å²) in [6, 6.07) is -0.0713. The lowest BCUT2D eigenvalue weighted by atomic mass is 10.0. The molecule has 0 aromatic heterocycles. The highest BCUT2D eigenvalue weighted by Gasteiger charge is 2.18. The fraction of sp³-hybridized carbons (Fsp3) is 0.900. The second-order valence-electron chi connectivity index (χ2n) is 3.72. The minimum Gasteiger partial charge on any atom is -0.380 e. The molecule has 1 amide bonds. The molecule has 3 N–H and O–H groups in total. The van der Waals surface area contributed by atoms with Gasteiger partial charge in [0.1, 0.15) is 0 Å². The van der Waals surface area contributed by atoms with Crippen molar-refractivity contribution in [3.05, 3.63) is 0 Å². The Morgan fingerprint density at radius 1 is 1.43 bits per heavy atom. The molecule has 3 atom stereocenters. The highest BCUT2D eigenvalue weighted by molar-refractivity contribution is 5.79. The molecule has 14 heavy (non-hydrogen) atoms. The van der Waals surface area contributed by atoms with Gasteiger partial charge in [0.05, 0.1) is 6.61 Å². The van der Waals surface area contributed by atoms with Crippen LogP contribution in [0.15, 0.2) is 0 Å². The SMILES string of the molecule is CCOCC(C)NC(=O)C(C)C(C)N. The van der Waals surface area contributed by atoms with Gasteiger partial charge in [0.15, 0.2) is 0 Å². The van der Waals surface area contributed by atoms with Gasteiger partial charge in [0.2, 0.25) is 5.91 Å². The van der Waals surface area contributed by atoms with Gasteiger partial charge in [-0.3, -0.25) is 4.79 Å². The van der Waals surface area contributed by atoms with Gasteiger partial charge in [0.25, 0.3) is 0 Å². The van der Waals surface area contributed by atoms with Crippen molar-refractivity contribution in [2.75, 3.05) is 13.2 Å². The third kappa shape index (κ3) is 5.19. The molecule has 0 spiro atoms. The standard InChI is InChI=1S/C10H22N2O2/c1-5-14-6-7(2)12-10(13)8(3)9(4)11/h7-9H,5-6,11H2,1-4H3,(H,12,13). The Morgan fingerprint density at radius 2 is 2.00 bits per heavy atom. The maximum atomic E-state index is 11.5. The number of ether oxygens (including phenoxy) is 1. The van der Waals surface area contributed by atoms with Gasteiger partial charge in [-0.25, -0.2) is 0 Å². The molecule has 4 heteroatoms. The summed E-state index contributed by atoms with van der Waals surface area (Å²) >= 11 is 0. The summed E-state index contributed by atoms with van der Waals surface area (Å²) in [7, 11) is 0. The summed E-state index contributed by atoms with van der Waals surface area (Å²) in [5.41, 5.74) is 5.62. The molecule has 0 saturated carbocycles. The molecule has 0 saturated heterocycles. The molecule has 0 bridgehead atoms. The molecular formula is C10H22N2O2. The molecule has 0 fully saturated rings. The Labute approximate surface area is 86.2 Å². The van der Waals surface area contributed by atoms with Gasteiger partial charge in [-0.1, -0.05) is 6.92 Å². The smallest absolute Gasteiger partial charge is 0.224 e. The molecule has 0 aliphatic carbocycles. The highest BCUT2D eigenvalue weighted by Crippen LogP contribution is 2.00. The first kappa shape index (κ1) is 13.4. The number of rotatable bonds is 6. The molecule has 0 rings (SSSR count). The average Bonchev–Trinajstić information content (AvgIpc) is 2.13. The monoisotopic (exact) mass is 202 g/mol. The molecule has 84 valence electrons. The predicted molar refractivity (Wildman–Crippen MR) is 56.9 cm³/mol. The van der Waals surface area contributed by atoms with E-state index in [9.17, 15) is 4.79 Å². The van der Waals surface area contributed by atoms with Crippen LogP contribution in [0, 0.1) is 5.92 Å². The molecule has 4 nitrogen and oxygen atoms in total. The van der Waals surface area contributed by atoms with Crippen LogP contribution in [-0.2, 0) is 9.53 Å². The number of carbonyl (C=O) groups is 1. The van der Waals surface area contributed by atoms with Crippen molar-refractivity contribution in [1.29, 1.82) is 0 Å². The first-order valence-electron chi connectivity index (χ1n) is 5.12. The summed E-state index contributed by atoms with van der Waals surface area (Å²) in [6.45, 7) is 8.72. The van der Waals surface area contributed by atoms with Crippen LogP contribution in [0.3, 0.4) is 0 Å². The lowest BCUT2D eigenvalue weighted by Crippen LogP contribution is -2.43. The zero-order chi connectivity index (χ0) is 11.1. The topological polar surface area (TPSA) is 64.3 Å². The van der Waals surface area contributed by atoms with E-state index in [1.54, 1.807) is 0 Å². The van der Waals surface area contributed by atoms with Crippen molar-refractivity contribution in [2.45, 2.75) is 39.8 Å². The molecule has 0 aromatic rings. The molecule has 0 aromatic carbocycles. The van der Waals surface area contributed by atoms with Crippen LogP contribution < -0.4 is 11.1 Å². The molecule has 0 radical (unpaired) electrons. The van der Waals surface area contributed by atoms with Crippen molar-refractivity contribution in [1.82, 2.24) is 5.32 Å². The molecule has 0 aliphatic rings. The Balaban J connectivity index is 3.81.